The van der Waals surface area contributed by atoms with Gasteiger partial charge < -0.3 is 15.2 Å². The van der Waals surface area contributed by atoms with Gasteiger partial charge in [-0.15, -0.1) is 0 Å². The summed E-state index contributed by atoms with van der Waals surface area (Å²) in [6.07, 6.45) is 1.20. The molecule has 5 rings (SSSR count). The van der Waals surface area contributed by atoms with Crippen molar-refractivity contribution in [2.75, 3.05) is 11.7 Å². The van der Waals surface area contributed by atoms with Crippen LogP contribution in [0.4, 0.5) is 14.5 Å². The van der Waals surface area contributed by atoms with Crippen molar-refractivity contribution in [2.24, 2.45) is 5.73 Å². The Labute approximate surface area is 176 Å². The van der Waals surface area contributed by atoms with Gasteiger partial charge in [-0.05, 0) is 42.7 Å². The molecule has 0 aromatic heterocycles. The summed E-state index contributed by atoms with van der Waals surface area (Å²) in [4.78, 5) is 14.3. The van der Waals surface area contributed by atoms with Gasteiger partial charge in [0.15, 0.2) is 17.3 Å². The second-order valence-electron chi connectivity index (χ2n) is 7.50. The van der Waals surface area contributed by atoms with Crippen molar-refractivity contribution in [3.63, 3.8) is 0 Å². The number of benzene rings is 2. The smallest absolute Gasteiger partial charge is 0.231 e. The van der Waals surface area contributed by atoms with Crippen LogP contribution < -0.4 is 20.1 Å². The van der Waals surface area contributed by atoms with Crippen LogP contribution in [0.1, 0.15) is 30.7 Å². The number of anilines is 1. The molecule has 3 aliphatic rings. The van der Waals surface area contributed by atoms with E-state index in [1.165, 1.54) is 11.0 Å². The molecule has 0 unspecified atom stereocenters. The minimum absolute atomic E-state index is 0.0514. The Kier molecular flexibility index (Phi) is 4.40. The molecule has 2 aromatic carbocycles. The highest BCUT2D eigenvalue weighted by Crippen LogP contribution is 2.48. The van der Waals surface area contributed by atoms with Crippen LogP contribution in [-0.2, 0) is 4.79 Å². The fourth-order valence-corrected chi connectivity index (χ4v) is 4.47. The minimum Gasteiger partial charge on any atom is -0.454 e. The topological polar surface area (TPSA) is 88.6 Å². The maximum Gasteiger partial charge on any atom is 0.231 e. The Balaban J connectivity index is 1.76. The van der Waals surface area contributed by atoms with Crippen molar-refractivity contribution >= 4 is 11.5 Å². The average Bonchev–Trinajstić information content (AvgIpc) is 3.22. The van der Waals surface area contributed by atoms with E-state index in [2.05, 4.69) is 6.07 Å². The highest BCUT2D eigenvalue weighted by atomic mass is 19.1. The number of ether oxygens (including phenoxy) is 2. The predicted octanol–water partition coefficient (Wildman–Crippen LogP) is 4.00. The number of ketones is 1. The summed E-state index contributed by atoms with van der Waals surface area (Å²) < 4.78 is 40.2. The van der Waals surface area contributed by atoms with Gasteiger partial charge in [-0.3, -0.25) is 9.69 Å². The van der Waals surface area contributed by atoms with Crippen molar-refractivity contribution in [1.82, 2.24) is 0 Å². The molecule has 6 nitrogen and oxygen atoms in total. The van der Waals surface area contributed by atoms with Gasteiger partial charge in [0.25, 0.3) is 0 Å². The van der Waals surface area contributed by atoms with E-state index >= 15 is 0 Å². The Bertz CT molecular complexity index is 1210. The Morgan fingerprint density at radius 1 is 1.10 bits per heavy atom. The summed E-state index contributed by atoms with van der Waals surface area (Å²) in [5.41, 5.74) is 7.38. The van der Waals surface area contributed by atoms with Gasteiger partial charge in [0.05, 0.1) is 17.6 Å². The summed E-state index contributed by atoms with van der Waals surface area (Å²) >= 11 is 0. The van der Waals surface area contributed by atoms with E-state index < -0.39 is 17.6 Å². The Hall–Kier alpha value is -3.86. The predicted molar refractivity (Wildman–Crippen MR) is 107 cm³/mol. The molecule has 0 radical (unpaired) electrons. The normalized spacial score (nSPS) is 20.1. The number of hydrogen-bond acceptors (Lipinski definition) is 6. The summed E-state index contributed by atoms with van der Waals surface area (Å²) in [6.45, 7) is 0.0831. The molecule has 0 bridgehead atoms. The van der Waals surface area contributed by atoms with Crippen LogP contribution in [-0.4, -0.2) is 12.6 Å². The van der Waals surface area contributed by atoms with Gasteiger partial charge in [0.1, 0.15) is 23.1 Å². The van der Waals surface area contributed by atoms with E-state index in [1.807, 2.05) is 0 Å². The molecule has 31 heavy (non-hydrogen) atoms. The zero-order valence-corrected chi connectivity index (χ0v) is 16.3. The fourth-order valence-electron chi connectivity index (χ4n) is 4.47. The molecule has 2 heterocycles. The SMILES string of the molecule is N#CC1=C(N)N(c2c(F)cccc2F)C2=C(C(=O)CCC2)[C@@H]1c1ccc2c(c1)OCO2. The first-order valence-corrected chi connectivity index (χ1v) is 9.81. The maximum absolute atomic E-state index is 14.7. The molecule has 2 aromatic rings. The van der Waals surface area contributed by atoms with Crippen molar-refractivity contribution in [2.45, 2.75) is 25.2 Å². The summed E-state index contributed by atoms with van der Waals surface area (Å²) in [5.74, 6) is -1.62. The lowest BCUT2D eigenvalue weighted by Gasteiger charge is -2.39. The molecular formula is C23H17F2N3O3. The first-order valence-electron chi connectivity index (χ1n) is 9.81. The molecule has 0 saturated carbocycles. The van der Waals surface area contributed by atoms with Crippen molar-refractivity contribution < 1.29 is 23.0 Å². The molecule has 2 aliphatic heterocycles. The molecule has 0 amide bonds. The highest BCUT2D eigenvalue weighted by Gasteiger charge is 2.42. The van der Waals surface area contributed by atoms with Gasteiger partial charge >= 0.3 is 0 Å². The van der Waals surface area contributed by atoms with Crippen LogP contribution in [0.5, 0.6) is 11.5 Å². The number of hydrogen-bond donors (Lipinski definition) is 1. The summed E-state index contributed by atoms with van der Waals surface area (Å²) in [7, 11) is 0. The Morgan fingerprint density at radius 3 is 2.58 bits per heavy atom. The summed E-state index contributed by atoms with van der Waals surface area (Å²) in [5, 5.41) is 9.97. The number of nitriles is 1. The van der Waals surface area contributed by atoms with Gasteiger partial charge in [0, 0.05) is 17.7 Å². The molecule has 1 aliphatic carbocycles. The van der Waals surface area contributed by atoms with Crippen molar-refractivity contribution in [3.05, 3.63) is 76.3 Å². The zero-order chi connectivity index (χ0) is 21.7. The van der Waals surface area contributed by atoms with Crippen molar-refractivity contribution in [3.8, 4) is 17.6 Å². The van der Waals surface area contributed by atoms with Crippen LogP contribution in [0, 0.1) is 23.0 Å². The standard InChI is InChI=1S/C23H17F2N3O3/c24-14-3-1-4-15(25)22(14)28-16-5-2-6-17(29)21(16)20(13(10-26)23(28)27)12-7-8-18-19(9-12)31-11-30-18/h1,3-4,7-9,20H,2,5-6,11,27H2/t20-/m1/s1. The molecule has 0 saturated heterocycles. The van der Waals surface area contributed by atoms with Gasteiger partial charge in [-0.1, -0.05) is 12.1 Å². The van der Waals surface area contributed by atoms with E-state index in [4.69, 9.17) is 15.2 Å². The van der Waals surface area contributed by atoms with E-state index in [0.717, 1.165) is 12.1 Å². The molecule has 156 valence electrons. The number of fused-ring (bicyclic) bond motifs is 1. The molecule has 0 spiro atoms. The van der Waals surface area contributed by atoms with Gasteiger partial charge in [-0.25, -0.2) is 8.78 Å². The number of halogens is 2. The monoisotopic (exact) mass is 421 g/mol. The third-order valence-electron chi connectivity index (χ3n) is 5.80. The quantitative estimate of drug-likeness (QED) is 0.789. The maximum atomic E-state index is 14.7. The number of Topliss-reactive ketones (excluding diaryl/α,β-unsaturated/α-hetero) is 1. The number of carbonyl (C=O) groups excluding carboxylic acids is 1. The number of allylic oxidation sites excluding steroid dienone is 3. The van der Waals surface area contributed by atoms with Gasteiger partial charge in [-0.2, -0.15) is 5.26 Å². The van der Waals surface area contributed by atoms with E-state index in [1.54, 1.807) is 18.2 Å². The van der Waals surface area contributed by atoms with Crippen LogP contribution in [0.3, 0.4) is 0 Å². The lowest BCUT2D eigenvalue weighted by atomic mass is 9.75. The molecule has 2 N–H and O–H groups in total. The van der Waals surface area contributed by atoms with E-state index in [9.17, 15) is 18.8 Å². The number of nitrogens with zero attached hydrogens (tertiary/aromatic N) is 2. The molecule has 0 fully saturated rings. The lowest BCUT2D eigenvalue weighted by Crippen LogP contribution is -2.39. The largest absolute Gasteiger partial charge is 0.454 e. The third-order valence-corrected chi connectivity index (χ3v) is 5.80. The summed E-state index contributed by atoms with van der Waals surface area (Å²) in [6, 6.07) is 10.7. The number of rotatable bonds is 2. The lowest BCUT2D eigenvalue weighted by molar-refractivity contribution is -0.116. The van der Waals surface area contributed by atoms with Gasteiger partial charge in [0.2, 0.25) is 6.79 Å². The second-order valence-corrected chi connectivity index (χ2v) is 7.50. The third kappa shape index (κ3) is 2.85. The molecule has 1 atom stereocenters. The number of carbonyl (C=O) groups is 1. The van der Waals surface area contributed by atoms with Crippen LogP contribution >= 0.6 is 0 Å². The van der Waals surface area contributed by atoms with Crippen LogP contribution in [0.25, 0.3) is 0 Å². The number of nitrogens with two attached hydrogens (primary N) is 1. The fraction of sp³-hybridized carbons (Fsp3) is 0.217. The first kappa shape index (κ1) is 19.1. The average molecular weight is 421 g/mol. The van der Waals surface area contributed by atoms with Crippen LogP contribution in [0.2, 0.25) is 0 Å². The second kappa shape index (κ2) is 7.13. The molecule has 8 heteroatoms. The zero-order valence-electron chi connectivity index (χ0n) is 16.3. The minimum atomic E-state index is -0.827. The highest BCUT2D eigenvalue weighted by molar-refractivity contribution is 6.01. The Morgan fingerprint density at radius 2 is 1.84 bits per heavy atom. The van der Waals surface area contributed by atoms with E-state index in [0.29, 0.717) is 41.2 Å². The van der Waals surface area contributed by atoms with E-state index in [-0.39, 0.29) is 36.1 Å². The number of para-hydroxylation sites is 1. The molecular weight excluding hydrogens is 404 g/mol. The first-order chi connectivity index (χ1) is 15.0. The van der Waals surface area contributed by atoms with Crippen LogP contribution in [0.15, 0.2) is 59.1 Å². The van der Waals surface area contributed by atoms with Crippen molar-refractivity contribution in [1.29, 1.82) is 5.26 Å².